The number of nitrogens with one attached hydrogen (secondary N) is 1. The normalized spacial score (nSPS) is 11.3. The lowest BCUT2D eigenvalue weighted by Crippen LogP contribution is -2.12. The number of carbonyl (C=O) groups excluding carboxylic acids is 1. The van der Waals surface area contributed by atoms with E-state index in [1.165, 1.54) is 44.6 Å². The van der Waals surface area contributed by atoms with Crippen molar-refractivity contribution in [1.29, 1.82) is 0 Å². The van der Waals surface area contributed by atoms with E-state index in [0.717, 1.165) is 0 Å². The maximum Gasteiger partial charge on any atom is 0.248 e. The van der Waals surface area contributed by atoms with Crippen LogP contribution < -0.4 is 19.9 Å². The zero-order chi connectivity index (χ0) is 18.4. The van der Waals surface area contributed by atoms with Crippen molar-refractivity contribution in [2.45, 2.75) is 4.90 Å². The van der Waals surface area contributed by atoms with Crippen LogP contribution in [-0.4, -0.2) is 28.5 Å². The number of ether oxygens (including phenoxy) is 2. The number of amides is 1. The monoisotopic (exact) mass is 362 g/mol. The Kier molecular flexibility index (Phi) is 5.79. The minimum absolute atomic E-state index is 0.0280. The van der Waals surface area contributed by atoms with Crippen LogP contribution in [0.15, 0.2) is 53.4 Å². The van der Waals surface area contributed by atoms with E-state index in [1.54, 1.807) is 24.3 Å². The molecule has 0 aromatic heterocycles. The number of benzene rings is 2. The highest BCUT2D eigenvalue weighted by Gasteiger charge is 2.09. The first-order valence-corrected chi connectivity index (χ1v) is 8.72. The summed E-state index contributed by atoms with van der Waals surface area (Å²) in [5.74, 6) is 0.748. The van der Waals surface area contributed by atoms with Crippen molar-refractivity contribution in [2.75, 3.05) is 19.5 Å². The molecule has 0 aliphatic carbocycles. The van der Waals surface area contributed by atoms with Gasteiger partial charge in [0, 0.05) is 11.8 Å². The van der Waals surface area contributed by atoms with Crippen LogP contribution >= 0.6 is 0 Å². The highest BCUT2D eigenvalue weighted by atomic mass is 32.2. The van der Waals surface area contributed by atoms with E-state index in [4.69, 9.17) is 14.6 Å². The summed E-state index contributed by atoms with van der Waals surface area (Å²) in [6.07, 6.45) is 2.90. The van der Waals surface area contributed by atoms with Crippen LogP contribution in [0.4, 0.5) is 5.69 Å². The number of methoxy groups -OCH3 is 2. The van der Waals surface area contributed by atoms with Gasteiger partial charge in [-0.05, 0) is 42.5 Å². The van der Waals surface area contributed by atoms with Gasteiger partial charge in [0.25, 0.3) is 0 Å². The number of rotatable bonds is 6. The summed E-state index contributed by atoms with van der Waals surface area (Å²) in [6.45, 7) is 0. The first-order valence-electron chi connectivity index (χ1n) is 7.18. The Balaban J connectivity index is 2.14. The summed E-state index contributed by atoms with van der Waals surface area (Å²) < 4.78 is 32.9. The third-order valence-corrected chi connectivity index (χ3v) is 4.25. The van der Waals surface area contributed by atoms with Crippen molar-refractivity contribution < 1.29 is 22.7 Å². The van der Waals surface area contributed by atoms with Crippen molar-refractivity contribution in [2.24, 2.45) is 5.14 Å². The number of primary sulfonamides is 1. The Morgan fingerprint density at radius 1 is 1.04 bits per heavy atom. The molecule has 7 nitrogen and oxygen atoms in total. The number of carbonyl (C=O) groups is 1. The molecule has 3 N–H and O–H groups in total. The summed E-state index contributed by atoms with van der Waals surface area (Å²) >= 11 is 0. The molecule has 0 atom stereocenters. The highest BCUT2D eigenvalue weighted by Crippen LogP contribution is 2.29. The fourth-order valence-corrected chi connectivity index (χ4v) is 2.63. The molecule has 2 aromatic rings. The second-order valence-electron chi connectivity index (χ2n) is 4.97. The molecule has 8 heteroatoms. The lowest BCUT2D eigenvalue weighted by molar-refractivity contribution is -0.111. The molecule has 25 heavy (non-hydrogen) atoms. The molecule has 0 spiro atoms. The van der Waals surface area contributed by atoms with Crippen LogP contribution in [0.3, 0.4) is 0 Å². The van der Waals surface area contributed by atoms with Gasteiger partial charge in [-0.1, -0.05) is 6.07 Å². The molecule has 0 aliphatic heterocycles. The van der Waals surface area contributed by atoms with Gasteiger partial charge in [-0.15, -0.1) is 0 Å². The molecule has 0 fully saturated rings. The maximum absolute atomic E-state index is 12.0. The van der Waals surface area contributed by atoms with Crippen LogP contribution in [0.5, 0.6) is 11.5 Å². The van der Waals surface area contributed by atoms with E-state index < -0.39 is 15.9 Å². The predicted molar refractivity (Wildman–Crippen MR) is 95.0 cm³/mol. The molecule has 132 valence electrons. The molecule has 0 unspecified atom stereocenters. The summed E-state index contributed by atoms with van der Waals surface area (Å²) in [5, 5.41) is 7.65. The Hall–Kier alpha value is -2.84. The SMILES string of the molecule is COc1cccc(OC)c1/C=C/C(=O)Nc1ccc(S(N)(=O)=O)cc1. The van der Waals surface area contributed by atoms with E-state index in [0.29, 0.717) is 22.7 Å². The van der Waals surface area contributed by atoms with Crippen molar-refractivity contribution in [3.63, 3.8) is 0 Å². The largest absolute Gasteiger partial charge is 0.496 e. The second-order valence-corrected chi connectivity index (χ2v) is 6.53. The number of nitrogens with two attached hydrogens (primary N) is 1. The Bertz CT molecular complexity index is 868. The molecule has 0 bridgehead atoms. The van der Waals surface area contributed by atoms with Gasteiger partial charge >= 0.3 is 0 Å². The number of anilines is 1. The summed E-state index contributed by atoms with van der Waals surface area (Å²) in [4.78, 5) is 12.0. The second kappa shape index (κ2) is 7.82. The molecule has 0 heterocycles. The van der Waals surface area contributed by atoms with Crippen LogP contribution in [-0.2, 0) is 14.8 Å². The predicted octanol–water partition coefficient (Wildman–Crippen LogP) is 2.00. The van der Waals surface area contributed by atoms with Gasteiger partial charge in [-0.3, -0.25) is 4.79 Å². The molecule has 0 aliphatic rings. The number of hydrogen-bond acceptors (Lipinski definition) is 5. The molecule has 0 radical (unpaired) electrons. The topological polar surface area (TPSA) is 108 Å². The van der Waals surface area contributed by atoms with Crippen molar-refractivity contribution in [1.82, 2.24) is 0 Å². The first kappa shape index (κ1) is 18.5. The van der Waals surface area contributed by atoms with Gasteiger partial charge in [-0.25, -0.2) is 13.6 Å². The Morgan fingerprint density at radius 2 is 1.60 bits per heavy atom. The zero-order valence-electron chi connectivity index (χ0n) is 13.7. The molecule has 0 saturated heterocycles. The van der Waals surface area contributed by atoms with Gasteiger partial charge in [-0.2, -0.15) is 0 Å². The lowest BCUT2D eigenvalue weighted by atomic mass is 10.1. The lowest BCUT2D eigenvalue weighted by Gasteiger charge is -2.09. The van der Waals surface area contributed by atoms with E-state index in [-0.39, 0.29) is 4.90 Å². The fourth-order valence-electron chi connectivity index (χ4n) is 2.12. The van der Waals surface area contributed by atoms with E-state index >= 15 is 0 Å². The molecule has 0 saturated carbocycles. The third-order valence-electron chi connectivity index (χ3n) is 3.32. The van der Waals surface area contributed by atoms with E-state index in [1.807, 2.05) is 0 Å². The molecular weight excluding hydrogens is 344 g/mol. The van der Waals surface area contributed by atoms with E-state index in [9.17, 15) is 13.2 Å². The average molecular weight is 362 g/mol. The standard InChI is InChI=1S/C17H18N2O5S/c1-23-15-4-3-5-16(24-2)14(15)10-11-17(20)19-12-6-8-13(9-7-12)25(18,21)22/h3-11H,1-2H3,(H,19,20)(H2,18,21,22)/b11-10+. The number of sulfonamides is 1. The minimum atomic E-state index is -3.76. The molecule has 2 rings (SSSR count). The van der Waals surface area contributed by atoms with Gasteiger partial charge in [0.15, 0.2) is 0 Å². The van der Waals surface area contributed by atoms with Crippen LogP contribution in [0.1, 0.15) is 5.56 Å². The minimum Gasteiger partial charge on any atom is -0.496 e. The van der Waals surface area contributed by atoms with Gasteiger partial charge in [0.2, 0.25) is 15.9 Å². The van der Waals surface area contributed by atoms with Crippen LogP contribution in [0.2, 0.25) is 0 Å². The van der Waals surface area contributed by atoms with Crippen LogP contribution in [0.25, 0.3) is 6.08 Å². The summed E-state index contributed by atoms with van der Waals surface area (Å²) in [6, 6.07) is 10.8. The van der Waals surface area contributed by atoms with E-state index in [2.05, 4.69) is 5.32 Å². The van der Waals surface area contributed by atoms with Gasteiger partial charge in [0.05, 0.1) is 24.7 Å². The molecule has 1 amide bonds. The highest BCUT2D eigenvalue weighted by molar-refractivity contribution is 7.89. The molecular formula is C17H18N2O5S. The van der Waals surface area contributed by atoms with Crippen molar-refractivity contribution in [3.8, 4) is 11.5 Å². The fraction of sp³-hybridized carbons (Fsp3) is 0.118. The summed E-state index contributed by atoms with van der Waals surface area (Å²) in [5.41, 5.74) is 1.07. The Morgan fingerprint density at radius 3 is 2.08 bits per heavy atom. The average Bonchev–Trinajstić information content (AvgIpc) is 2.59. The van der Waals surface area contributed by atoms with Crippen LogP contribution in [0, 0.1) is 0 Å². The smallest absolute Gasteiger partial charge is 0.248 e. The van der Waals surface area contributed by atoms with Gasteiger partial charge < -0.3 is 14.8 Å². The van der Waals surface area contributed by atoms with Gasteiger partial charge in [0.1, 0.15) is 11.5 Å². The molecule has 2 aromatic carbocycles. The maximum atomic E-state index is 12.0. The Labute approximate surface area is 146 Å². The quantitative estimate of drug-likeness (QED) is 0.764. The van der Waals surface area contributed by atoms with Crippen molar-refractivity contribution in [3.05, 3.63) is 54.1 Å². The number of hydrogen-bond donors (Lipinski definition) is 2. The summed E-state index contributed by atoms with van der Waals surface area (Å²) in [7, 11) is -0.710. The third kappa shape index (κ3) is 4.82. The zero-order valence-corrected chi connectivity index (χ0v) is 14.5. The first-order chi connectivity index (χ1) is 11.8. The van der Waals surface area contributed by atoms with Crippen molar-refractivity contribution >= 4 is 27.7 Å².